The molecule has 0 saturated carbocycles. The van der Waals surface area contributed by atoms with Gasteiger partial charge in [-0.3, -0.25) is 4.79 Å². The van der Waals surface area contributed by atoms with Gasteiger partial charge in [-0.05, 0) is 30.5 Å². The second-order valence-corrected chi connectivity index (χ2v) is 5.92. The number of rotatable bonds is 5. The number of carbonyl (C=O) groups excluding carboxylic acids is 1. The molecule has 0 saturated heterocycles. The lowest BCUT2D eigenvalue weighted by Crippen LogP contribution is -2.25. The molecule has 2 aromatic rings. The number of amides is 1. The van der Waals surface area contributed by atoms with Crippen molar-refractivity contribution in [1.29, 1.82) is 0 Å². The van der Waals surface area contributed by atoms with Gasteiger partial charge in [0.1, 0.15) is 6.26 Å². The van der Waals surface area contributed by atoms with Crippen LogP contribution in [0.25, 0.3) is 11.5 Å². The van der Waals surface area contributed by atoms with Crippen LogP contribution in [0.15, 0.2) is 28.9 Å². The molecule has 1 aromatic heterocycles. The fraction of sp³-hybridized carbons (Fsp3) is 0.333. The number of benzene rings is 1. The molecule has 1 N–H and O–H groups in total. The predicted octanol–water partition coefficient (Wildman–Crippen LogP) is 4.42. The van der Waals surface area contributed by atoms with E-state index < -0.39 is 0 Å². The second-order valence-electron chi connectivity index (χ2n) is 5.11. The minimum atomic E-state index is -0.245. The van der Waals surface area contributed by atoms with Crippen LogP contribution in [-0.2, 0) is 0 Å². The number of nitrogens with zero attached hydrogens (tertiary/aromatic N) is 1. The third-order valence-corrected chi connectivity index (χ3v) is 3.65. The zero-order chi connectivity index (χ0) is 15.4. The smallest absolute Gasteiger partial charge is 0.273 e. The summed E-state index contributed by atoms with van der Waals surface area (Å²) in [6.07, 6.45) is 2.26. The SMILES string of the molecule is CC(C)CCNC(=O)c1coc(-c2ccc(Cl)c(Cl)c2)n1. The lowest BCUT2D eigenvalue weighted by Gasteiger charge is -2.04. The van der Waals surface area contributed by atoms with Crippen molar-refractivity contribution in [1.82, 2.24) is 10.3 Å². The number of nitrogens with one attached hydrogen (secondary N) is 1. The highest BCUT2D eigenvalue weighted by Crippen LogP contribution is 2.28. The van der Waals surface area contributed by atoms with E-state index in [0.717, 1.165) is 6.42 Å². The average molecular weight is 327 g/mol. The number of hydrogen-bond acceptors (Lipinski definition) is 3. The molecule has 0 radical (unpaired) electrons. The van der Waals surface area contributed by atoms with Crippen LogP contribution in [0, 0.1) is 5.92 Å². The average Bonchev–Trinajstić information content (AvgIpc) is 2.91. The largest absolute Gasteiger partial charge is 0.444 e. The molecule has 4 nitrogen and oxygen atoms in total. The molecule has 1 heterocycles. The highest BCUT2D eigenvalue weighted by Gasteiger charge is 2.14. The minimum absolute atomic E-state index is 0.245. The van der Waals surface area contributed by atoms with Crippen molar-refractivity contribution in [2.45, 2.75) is 20.3 Å². The second kappa shape index (κ2) is 6.96. The summed E-state index contributed by atoms with van der Waals surface area (Å²) in [5.41, 5.74) is 0.922. The summed E-state index contributed by atoms with van der Waals surface area (Å²) in [4.78, 5) is 16.1. The molecule has 0 spiro atoms. The van der Waals surface area contributed by atoms with Crippen molar-refractivity contribution in [2.24, 2.45) is 5.92 Å². The first-order valence-corrected chi connectivity index (χ1v) is 7.42. The van der Waals surface area contributed by atoms with Gasteiger partial charge in [-0.25, -0.2) is 4.98 Å². The van der Waals surface area contributed by atoms with Crippen LogP contribution in [0.4, 0.5) is 0 Å². The quantitative estimate of drug-likeness (QED) is 0.884. The Kier molecular flexibility index (Phi) is 5.26. The van der Waals surface area contributed by atoms with Crippen LogP contribution >= 0.6 is 23.2 Å². The maximum Gasteiger partial charge on any atom is 0.273 e. The maximum atomic E-state index is 11.9. The summed E-state index contributed by atoms with van der Waals surface area (Å²) in [6, 6.07) is 5.04. The highest BCUT2D eigenvalue weighted by atomic mass is 35.5. The summed E-state index contributed by atoms with van der Waals surface area (Å²) in [6.45, 7) is 4.82. The Morgan fingerprint density at radius 1 is 1.33 bits per heavy atom. The summed E-state index contributed by atoms with van der Waals surface area (Å²) in [5, 5.41) is 3.68. The van der Waals surface area contributed by atoms with E-state index in [1.165, 1.54) is 6.26 Å². The Morgan fingerprint density at radius 2 is 2.10 bits per heavy atom. The molecular formula is C15H16Cl2N2O2. The van der Waals surface area contributed by atoms with E-state index in [0.29, 0.717) is 34.0 Å². The molecule has 6 heteroatoms. The molecule has 21 heavy (non-hydrogen) atoms. The van der Waals surface area contributed by atoms with Crippen molar-refractivity contribution < 1.29 is 9.21 Å². The zero-order valence-electron chi connectivity index (χ0n) is 11.8. The first-order valence-electron chi connectivity index (χ1n) is 6.66. The predicted molar refractivity (Wildman–Crippen MR) is 83.7 cm³/mol. The van der Waals surface area contributed by atoms with E-state index >= 15 is 0 Å². The Labute approximate surface area is 133 Å². The molecule has 2 rings (SSSR count). The topological polar surface area (TPSA) is 55.1 Å². The normalized spacial score (nSPS) is 10.9. The van der Waals surface area contributed by atoms with E-state index in [4.69, 9.17) is 27.6 Å². The van der Waals surface area contributed by atoms with Crippen molar-refractivity contribution >= 4 is 29.1 Å². The van der Waals surface area contributed by atoms with Gasteiger partial charge in [-0.15, -0.1) is 0 Å². The molecule has 0 aliphatic carbocycles. The Hall–Kier alpha value is -1.52. The fourth-order valence-corrected chi connectivity index (χ4v) is 2.00. The Balaban J connectivity index is 2.07. The minimum Gasteiger partial charge on any atom is -0.444 e. The standard InChI is InChI=1S/C15H16Cl2N2O2/c1-9(2)5-6-18-14(20)13-8-21-15(19-13)10-3-4-11(16)12(17)7-10/h3-4,7-9H,5-6H2,1-2H3,(H,18,20). The van der Waals surface area contributed by atoms with Crippen LogP contribution < -0.4 is 5.32 Å². The van der Waals surface area contributed by atoms with Crippen LogP contribution in [-0.4, -0.2) is 17.4 Å². The van der Waals surface area contributed by atoms with Crippen LogP contribution in [0.2, 0.25) is 10.0 Å². The van der Waals surface area contributed by atoms with Gasteiger partial charge in [0.2, 0.25) is 5.89 Å². The van der Waals surface area contributed by atoms with Crippen molar-refractivity contribution in [2.75, 3.05) is 6.54 Å². The van der Waals surface area contributed by atoms with E-state index in [1.54, 1.807) is 18.2 Å². The summed E-state index contributed by atoms with van der Waals surface area (Å²) in [7, 11) is 0. The van der Waals surface area contributed by atoms with Gasteiger partial charge in [-0.1, -0.05) is 37.0 Å². The maximum absolute atomic E-state index is 11.9. The summed E-state index contributed by atoms with van der Waals surface area (Å²) < 4.78 is 5.32. The molecular weight excluding hydrogens is 311 g/mol. The summed E-state index contributed by atoms with van der Waals surface area (Å²) >= 11 is 11.8. The first-order chi connectivity index (χ1) is 9.97. The van der Waals surface area contributed by atoms with E-state index in [9.17, 15) is 4.79 Å². The van der Waals surface area contributed by atoms with Gasteiger partial charge in [-0.2, -0.15) is 0 Å². The van der Waals surface area contributed by atoms with Crippen molar-refractivity contribution in [3.63, 3.8) is 0 Å². The number of hydrogen-bond donors (Lipinski definition) is 1. The number of aromatic nitrogens is 1. The number of oxazole rings is 1. The molecule has 0 fully saturated rings. The Morgan fingerprint density at radius 3 is 2.76 bits per heavy atom. The van der Waals surface area contributed by atoms with Crippen molar-refractivity contribution in [3.8, 4) is 11.5 Å². The van der Waals surface area contributed by atoms with Gasteiger partial charge in [0.05, 0.1) is 10.0 Å². The Bertz CT molecular complexity index is 638. The van der Waals surface area contributed by atoms with Gasteiger partial charge in [0, 0.05) is 12.1 Å². The number of carbonyl (C=O) groups is 1. The first kappa shape index (κ1) is 15.9. The van der Waals surface area contributed by atoms with Gasteiger partial charge in [0.25, 0.3) is 5.91 Å². The molecule has 0 aliphatic rings. The molecule has 112 valence electrons. The molecule has 0 atom stereocenters. The summed E-state index contributed by atoms with van der Waals surface area (Å²) in [5.74, 6) is 0.627. The number of halogens is 2. The van der Waals surface area contributed by atoms with Crippen molar-refractivity contribution in [3.05, 3.63) is 40.2 Å². The third kappa shape index (κ3) is 4.22. The van der Waals surface area contributed by atoms with Crippen LogP contribution in [0.1, 0.15) is 30.8 Å². The van der Waals surface area contributed by atoms with E-state index in [-0.39, 0.29) is 11.6 Å². The molecule has 0 unspecified atom stereocenters. The molecule has 1 amide bonds. The highest BCUT2D eigenvalue weighted by molar-refractivity contribution is 6.42. The molecule has 1 aromatic carbocycles. The van der Waals surface area contributed by atoms with Crippen LogP contribution in [0.3, 0.4) is 0 Å². The third-order valence-electron chi connectivity index (χ3n) is 2.91. The lowest BCUT2D eigenvalue weighted by atomic mass is 10.1. The lowest BCUT2D eigenvalue weighted by molar-refractivity contribution is 0.0947. The molecule has 0 aliphatic heterocycles. The van der Waals surface area contributed by atoms with Gasteiger partial charge >= 0.3 is 0 Å². The zero-order valence-corrected chi connectivity index (χ0v) is 13.3. The molecule has 0 bridgehead atoms. The van der Waals surface area contributed by atoms with E-state index in [1.807, 2.05) is 0 Å². The van der Waals surface area contributed by atoms with E-state index in [2.05, 4.69) is 24.1 Å². The fourth-order valence-electron chi connectivity index (χ4n) is 1.70. The van der Waals surface area contributed by atoms with Crippen LogP contribution in [0.5, 0.6) is 0 Å². The monoisotopic (exact) mass is 326 g/mol. The van der Waals surface area contributed by atoms with Gasteiger partial charge in [0.15, 0.2) is 5.69 Å². The van der Waals surface area contributed by atoms with Gasteiger partial charge < -0.3 is 9.73 Å².